The van der Waals surface area contributed by atoms with Crippen molar-refractivity contribution in [3.63, 3.8) is 0 Å². The Morgan fingerprint density at radius 1 is 0.363 bits per heavy atom. The number of rotatable bonds is 16. The highest BCUT2D eigenvalue weighted by atomic mass is 19.4. The molecule has 32 atom stereocenters. The van der Waals surface area contributed by atoms with Crippen LogP contribution >= 0.6 is 0 Å². The van der Waals surface area contributed by atoms with Gasteiger partial charge < -0.3 is 77.3 Å². The van der Waals surface area contributed by atoms with Gasteiger partial charge in [0, 0.05) is 84.2 Å². The Morgan fingerprint density at radius 3 is 0.990 bits per heavy atom. The maximum atomic E-state index is 14.5. The maximum Gasteiger partial charge on any atom is 0.449 e. The number of hydrogen-bond donors (Lipinski definition) is 4. The lowest BCUT2D eigenvalue weighted by Gasteiger charge is -2.62. The van der Waals surface area contributed by atoms with Crippen molar-refractivity contribution in [1.82, 2.24) is 0 Å². The second-order valence-electron chi connectivity index (χ2n) is 34.2. The normalized spacial score (nSPS) is 51.5. The van der Waals surface area contributed by atoms with Crippen molar-refractivity contribution < 1.29 is 143 Å². The third-order valence-electron chi connectivity index (χ3n) is 28.0. The van der Waals surface area contributed by atoms with Crippen LogP contribution in [0.4, 0.5) is 26.3 Å². The van der Waals surface area contributed by atoms with Crippen molar-refractivity contribution in [3.05, 3.63) is 22.7 Å². The molecule has 18 fully saturated rings. The van der Waals surface area contributed by atoms with Crippen LogP contribution in [0.1, 0.15) is 186 Å². The fourth-order valence-corrected chi connectivity index (χ4v) is 21.8. The third-order valence-corrected chi connectivity index (χ3v) is 28.0. The summed E-state index contributed by atoms with van der Waals surface area (Å²) in [6.07, 6.45) is -8.42. The Bertz CT molecular complexity index is 2970. The van der Waals surface area contributed by atoms with E-state index in [-0.39, 0.29) is 83.5 Å². The van der Waals surface area contributed by atoms with Crippen molar-refractivity contribution in [2.75, 3.05) is 39.6 Å². The van der Waals surface area contributed by atoms with Crippen molar-refractivity contribution in [2.45, 2.75) is 305 Å². The Balaban J connectivity index is 0.000000165. The number of ether oxygens (including phenoxy) is 12. The van der Waals surface area contributed by atoms with Crippen LogP contribution < -0.4 is 0 Å². The minimum atomic E-state index is -4.82. The highest BCUT2D eigenvalue weighted by Crippen LogP contribution is 2.67. The molecular formula is C72H106F6O24. The lowest BCUT2D eigenvalue weighted by Crippen LogP contribution is -2.73. The molecule has 4 aliphatic carbocycles. The first-order valence-electron chi connectivity index (χ1n) is 37.5. The van der Waals surface area contributed by atoms with E-state index in [0.717, 1.165) is 38.5 Å². The zero-order valence-electron chi connectivity index (χ0n) is 60.5. The summed E-state index contributed by atoms with van der Waals surface area (Å²) in [5.74, 6) is -9.94. The number of aliphatic hydroxyl groups is 4. The van der Waals surface area contributed by atoms with Crippen LogP contribution in [0, 0.1) is 82.9 Å². The number of hydrogen-bond acceptors (Lipinski definition) is 24. The van der Waals surface area contributed by atoms with Crippen LogP contribution in [0.2, 0.25) is 0 Å². The molecule has 0 radical (unpaired) electrons. The second kappa shape index (κ2) is 26.2. The third kappa shape index (κ3) is 12.0. The van der Waals surface area contributed by atoms with E-state index in [1.54, 1.807) is 27.7 Å². The van der Waals surface area contributed by atoms with Gasteiger partial charge in [-0.1, -0.05) is 41.5 Å². The monoisotopic (exact) mass is 1470 g/mol. The zero-order chi connectivity index (χ0) is 72.7. The van der Waals surface area contributed by atoms with E-state index in [1.807, 2.05) is 27.7 Å². The molecule has 4 spiro atoms. The van der Waals surface area contributed by atoms with Gasteiger partial charge in [-0.2, -0.15) is 26.3 Å². The first-order valence-corrected chi connectivity index (χ1v) is 37.5. The molecule has 16 heterocycles. The van der Waals surface area contributed by atoms with Gasteiger partial charge in [-0.25, -0.2) is 39.1 Å². The molecule has 0 amide bonds. The highest BCUT2D eigenvalue weighted by molar-refractivity contribution is 5.30. The van der Waals surface area contributed by atoms with Gasteiger partial charge in [0.25, 0.3) is 0 Å². The summed E-state index contributed by atoms with van der Waals surface area (Å²) >= 11 is 0. The molecule has 8 bridgehead atoms. The number of aliphatic hydroxyl groups excluding tert-OH is 4. The van der Waals surface area contributed by atoms with Gasteiger partial charge >= 0.3 is 12.4 Å². The molecule has 0 unspecified atom stereocenters. The molecule has 4 N–H and O–H groups in total. The van der Waals surface area contributed by atoms with E-state index in [0.29, 0.717) is 76.0 Å². The minimum absolute atomic E-state index is 0.0168. The van der Waals surface area contributed by atoms with Crippen LogP contribution in [-0.2, 0) is 95.9 Å². The molecule has 16 aliphatic heterocycles. The van der Waals surface area contributed by atoms with E-state index < -0.39 is 169 Å². The molecule has 24 nitrogen and oxygen atoms in total. The minimum Gasteiger partial charge on any atom is -0.456 e. The molecule has 0 aromatic heterocycles. The molecule has 102 heavy (non-hydrogen) atoms. The summed E-state index contributed by atoms with van der Waals surface area (Å²) in [7, 11) is 0. The number of alkyl halides is 6. The van der Waals surface area contributed by atoms with Gasteiger partial charge in [0.2, 0.25) is 47.2 Å². The van der Waals surface area contributed by atoms with Gasteiger partial charge in [-0.3, -0.25) is 0 Å². The van der Waals surface area contributed by atoms with Gasteiger partial charge in [0.1, 0.15) is 24.4 Å². The maximum absolute atomic E-state index is 14.5. The Hall–Kier alpha value is -2.22. The quantitative estimate of drug-likeness (QED) is 0.0826. The Kier molecular flexibility index (Phi) is 19.3. The largest absolute Gasteiger partial charge is 0.456 e. The van der Waals surface area contributed by atoms with Crippen LogP contribution in [0.25, 0.3) is 0 Å². The Morgan fingerprint density at radius 2 is 0.657 bits per heavy atom. The van der Waals surface area contributed by atoms with E-state index in [9.17, 15) is 46.8 Å². The van der Waals surface area contributed by atoms with Crippen LogP contribution in [0.3, 0.4) is 0 Å². The highest BCUT2D eigenvalue weighted by Gasteiger charge is 2.76. The summed E-state index contributed by atoms with van der Waals surface area (Å²) in [6, 6.07) is 0. The summed E-state index contributed by atoms with van der Waals surface area (Å²) in [5, 5.41) is 43.9. The summed E-state index contributed by atoms with van der Waals surface area (Å²) in [5.41, 5.74) is -4.36. The van der Waals surface area contributed by atoms with E-state index in [1.165, 1.54) is 0 Å². The fourth-order valence-electron chi connectivity index (χ4n) is 21.8. The fraction of sp³-hybridized carbons (Fsp3) is 0.944. The average Bonchev–Trinajstić information content (AvgIpc) is 1.35. The summed E-state index contributed by atoms with van der Waals surface area (Å²) in [6.45, 7) is 20.7. The van der Waals surface area contributed by atoms with Crippen molar-refractivity contribution in [3.8, 4) is 0 Å². The predicted octanol–water partition coefficient (Wildman–Crippen LogP) is 10.8. The zero-order valence-corrected chi connectivity index (χ0v) is 60.5. The van der Waals surface area contributed by atoms with E-state index in [4.69, 9.17) is 95.9 Å². The molecule has 580 valence electrons. The molecular weight excluding hydrogens is 1360 g/mol. The molecule has 30 heteroatoms. The number of allylic oxidation sites excluding steroid dienone is 2. The van der Waals surface area contributed by atoms with Crippen molar-refractivity contribution in [2.24, 2.45) is 82.9 Å². The SMILES string of the molecule is C[C@@H]1CC[C@H]2[C@@H](C)[C@@](C)(OC[C@@H](O)[C@H](O)COCC3=C(C(F)(F)F)O[C@@H]4O[C@@]5(C)CC[C@H]6[C@H](C)CC[C@@H]3[C@@]46OO5)O[C@@H]3O[C@@]4(C)CC[C@@H]1[C@]32OO4.C[C@@H]1CC[C@H]2[C@@H](C)[C@@](C)(OC[C@H](O)[C@@H](O)COCC3=C(C(F)(F)F)O[C@@H]4O[C@@]5(C)CC[C@H]6[C@H](C)CC[C@@H]3[C@@]46OO5)O[C@@H]3O[C@@]4(C)CC[C@@H]1[C@]32OO4. The topological polar surface area (TPSA) is 266 Å². The summed E-state index contributed by atoms with van der Waals surface area (Å²) in [4.78, 5) is 47.6. The smallest absolute Gasteiger partial charge is 0.449 e. The first kappa shape index (κ1) is 75.2. The van der Waals surface area contributed by atoms with E-state index >= 15 is 0 Å². The van der Waals surface area contributed by atoms with Crippen LogP contribution in [0.5, 0.6) is 0 Å². The lowest BCUT2D eigenvalue weighted by molar-refractivity contribution is -0.586. The second-order valence-corrected chi connectivity index (χ2v) is 34.2. The van der Waals surface area contributed by atoms with Crippen LogP contribution in [0.15, 0.2) is 22.7 Å². The Labute approximate surface area is 590 Å². The van der Waals surface area contributed by atoms with Crippen molar-refractivity contribution in [1.29, 1.82) is 0 Å². The molecule has 0 aromatic carbocycles. The van der Waals surface area contributed by atoms with Gasteiger partial charge in [0.15, 0.2) is 46.6 Å². The van der Waals surface area contributed by atoms with Gasteiger partial charge in [0.05, 0.1) is 39.6 Å². The molecule has 14 saturated heterocycles. The van der Waals surface area contributed by atoms with Crippen LogP contribution in [-0.4, -0.2) is 179 Å². The molecule has 0 aromatic rings. The van der Waals surface area contributed by atoms with E-state index in [2.05, 4.69) is 27.7 Å². The molecule has 20 aliphatic rings. The molecule has 4 saturated carbocycles. The number of halogens is 6. The first-order chi connectivity index (χ1) is 47.9. The standard InChI is InChI=1S/2C36H53F3O12/c2*1-18-7-9-24-20(3)33(6,47-30-34(24)22(18)11-14-32(5,46-30)49-50-34)43-17-27(41)26(40)16-42-15-21-25-10-8-19(2)23-12-13-31(4)45-29(35(23,25)51-48-31)44-28(21)36(37,38)39/h2*18-20,22-27,29-30,40-41H,7-17H2,1-6H3/t18-,19-,20-,22+,23+,24+,25+,26+,27+,29-,30+,31-,32-,33+,34-,35-;18-,19-,20-,22+,23+,24+,25+,26-,27-,29-,30+,31-,32-,33+,34-,35-/m11/s1. The summed E-state index contributed by atoms with van der Waals surface area (Å²) < 4.78 is 161. The van der Waals surface area contributed by atoms with Crippen molar-refractivity contribution >= 4 is 0 Å². The molecule has 20 rings (SSSR count). The lowest BCUT2D eigenvalue weighted by atomic mass is 9.57. The van der Waals surface area contributed by atoms with Gasteiger partial charge in [-0.15, -0.1) is 0 Å². The average molecular weight is 1470 g/mol. The predicted molar refractivity (Wildman–Crippen MR) is 334 cm³/mol. The number of fused-ring (bicyclic) bond motifs is 8. The van der Waals surface area contributed by atoms with Gasteiger partial charge in [-0.05, 0) is 154 Å².